The minimum atomic E-state index is -0.247. The Morgan fingerprint density at radius 3 is 2.59 bits per heavy atom. The van der Waals surface area contributed by atoms with Gasteiger partial charge in [0.1, 0.15) is 5.82 Å². The molecule has 10 nitrogen and oxygen atoms in total. The van der Waals surface area contributed by atoms with E-state index in [4.69, 9.17) is 5.73 Å². The number of aromatic amines is 1. The highest BCUT2D eigenvalue weighted by Gasteiger charge is 2.25. The zero-order chi connectivity index (χ0) is 19.1. The lowest BCUT2D eigenvalue weighted by Gasteiger charge is -2.35. The van der Waals surface area contributed by atoms with Crippen molar-refractivity contribution in [2.24, 2.45) is 0 Å². The topological polar surface area (TPSA) is 126 Å². The van der Waals surface area contributed by atoms with Crippen LogP contribution in [0.4, 0.5) is 11.8 Å². The molecular weight excluding hydrogens is 348 g/mol. The number of hydrogen-bond acceptors (Lipinski definition) is 7. The molecule has 0 spiro atoms. The molecule has 3 aromatic rings. The number of rotatable bonds is 2. The summed E-state index contributed by atoms with van der Waals surface area (Å²) in [5.41, 5.74) is 7.93. The Balaban J connectivity index is 1.52. The van der Waals surface area contributed by atoms with E-state index in [9.17, 15) is 9.59 Å². The van der Waals surface area contributed by atoms with Gasteiger partial charge in [0, 0.05) is 50.2 Å². The summed E-state index contributed by atoms with van der Waals surface area (Å²) in [6, 6.07) is 3.29. The number of carbonyl (C=O) groups is 1. The summed E-state index contributed by atoms with van der Waals surface area (Å²) in [4.78, 5) is 40.9. The lowest BCUT2D eigenvalue weighted by Crippen LogP contribution is -2.49. The van der Waals surface area contributed by atoms with Crippen LogP contribution in [0, 0.1) is 13.8 Å². The van der Waals surface area contributed by atoms with E-state index in [1.807, 2.05) is 13.0 Å². The van der Waals surface area contributed by atoms with Gasteiger partial charge < -0.3 is 15.5 Å². The number of aryl methyl sites for hydroxylation is 2. The third-order valence-electron chi connectivity index (χ3n) is 4.74. The molecule has 1 amide bonds. The van der Waals surface area contributed by atoms with E-state index in [1.54, 1.807) is 11.8 Å². The number of nitrogens with one attached hydrogen (secondary N) is 1. The van der Waals surface area contributed by atoms with Crippen LogP contribution >= 0.6 is 0 Å². The Morgan fingerprint density at radius 1 is 1.15 bits per heavy atom. The van der Waals surface area contributed by atoms with E-state index in [-0.39, 0.29) is 17.4 Å². The highest BCUT2D eigenvalue weighted by Crippen LogP contribution is 2.18. The van der Waals surface area contributed by atoms with E-state index in [0.717, 1.165) is 11.5 Å². The fraction of sp³-hybridized carbons (Fsp3) is 0.353. The van der Waals surface area contributed by atoms with Crippen molar-refractivity contribution in [2.75, 3.05) is 36.8 Å². The molecule has 0 saturated carbocycles. The molecule has 3 N–H and O–H groups in total. The molecule has 0 aromatic carbocycles. The minimum absolute atomic E-state index is 0.102. The van der Waals surface area contributed by atoms with Crippen molar-refractivity contribution in [1.82, 2.24) is 29.5 Å². The monoisotopic (exact) mass is 368 g/mol. The van der Waals surface area contributed by atoms with Gasteiger partial charge >= 0.3 is 0 Å². The summed E-state index contributed by atoms with van der Waals surface area (Å²) < 4.78 is 1.54. The van der Waals surface area contributed by atoms with Crippen LogP contribution in [0.15, 0.2) is 23.1 Å². The summed E-state index contributed by atoms with van der Waals surface area (Å²) in [5, 5.41) is 2.66. The van der Waals surface area contributed by atoms with E-state index >= 15 is 0 Å². The third-order valence-corrected chi connectivity index (χ3v) is 4.74. The molecule has 10 heteroatoms. The number of hydrogen-bond donors (Lipinski definition) is 2. The Labute approximate surface area is 154 Å². The number of H-pyrrole nitrogens is 1. The summed E-state index contributed by atoms with van der Waals surface area (Å²) >= 11 is 0. The van der Waals surface area contributed by atoms with Gasteiger partial charge in [-0.2, -0.15) is 4.98 Å². The van der Waals surface area contributed by atoms with Gasteiger partial charge in [-0.15, -0.1) is 0 Å². The number of nitrogens with two attached hydrogens (primary N) is 1. The quantitative estimate of drug-likeness (QED) is 0.651. The molecule has 0 aliphatic carbocycles. The molecule has 0 unspecified atom stereocenters. The number of fused-ring (bicyclic) bond motifs is 1. The fourth-order valence-corrected chi connectivity index (χ4v) is 3.33. The van der Waals surface area contributed by atoms with Crippen molar-refractivity contribution >= 4 is 23.3 Å². The number of piperazine rings is 1. The maximum atomic E-state index is 12.9. The van der Waals surface area contributed by atoms with Gasteiger partial charge in [-0.25, -0.2) is 14.5 Å². The van der Waals surface area contributed by atoms with Crippen molar-refractivity contribution in [3.63, 3.8) is 0 Å². The number of nitrogen functional groups attached to an aromatic ring is 1. The zero-order valence-corrected chi connectivity index (χ0v) is 15.1. The third kappa shape index (κ3) is 3.09. The highest BCUT2D eigenvalue weighted by molar-refractivity contribution is 5.95. The van der Waals surface area contributed by atoms with Crippen LogP contribution in [-0.4, -0.2) is 61.6 Å². The number of carbonyl (C=O) groups excluding carboxylic acids is 1. The van der Waals surface area contributed by atoms with Crippen LogP contribution in [0.1, 0.15) is 21.7 Å². The second-order valence-corrected chi connectivity index (χ2v) is 6.58. The lowest BCUT2D eigenvalue weighted by atomic mass is 10.2. The van der Waals surface area contributed by atoms with E-state index in [1.165, 1.54) is 16.8 Å². The standard InChI is InChI=1S/C17H20N8O2/c1-10-7-14(21-17(18)20-10)23-3-5-24(6-4-23)16(27)12-9-19-13-8-15(26)22-25(13)11(12)2/h7-9H,3-6H2,1-2H3,(H,22,26)(H2,18,20,21). The smallest absolute Gasteiger partial charge is 0.266 e. The van der Waals surface area contributed by atoms with Gasteiger partial charge in [-0.05, 0) is 13.8 Å². The number of anilines is 2. The second-order valence-electron chi connectivity index (χ2n) is 6.58. The predicted molar refractivity (Wildman–Crippen MR) is 99.8 cm³/mol. The van der Waals surface area contributed by atoms with Gasteiger partial charge in [-0.1, -0.05) is 0 Å². The van der Waals surface area contributed by atoms with Crippen LogP contribution in [0.2, 0.25) is 0 Å². The number of nitrogens with zero attached hydrogens (tertiary/aromatic N) is 6. The first-order valence-corrected chi connectivity index (χ1v) is 8.65. The number of aromatic nitrogens is 5. The van der Waals surface area contributed by atoms with E-state index < -0.39 is 0 Å². The molecule has 3 aromatic heterocycles. The van der Waals surface area contributed by atoms with Crippen molar-refractivity contribution < 1.29 is 4.79 Å². The molecule has 0 atom stereocenters. The van der Waals surface area contributed by atoms with Crippen molar-refractivity contribution in [3.05, 3.63) is 45.6 Å². The second kappa shape index (κ2) is 6.38. The van der Waals surface area contributed by atoms with E-state index in [0.29, 0.717) is 43.1 Å². The highest BCUT2D eigenvalue weighted by atomic mass is 16.2. The van der Waals surface area contributed by atoms with Crippen LogP contribution in [0.25, 0.3) is 5.65 Å². The minimum Gasteiger partial charge on any atom is -0.368 e. The van der Waals surface area contributed by atoms with Crippen LogP contribution in [-0.2, 0) is 0 Å². The normalized spacial score (nSPS) is 14.7. The molecular formula is C17H20N8O2. The van der Waals surface area contributed by atoms with Crippen LogP contribution in [0.3, 0.4) is 0 Å². The molecule has 4 heterocycles. The SMILES string of the molecule is Cc1cc(N2CCN(C(=O)c3cnc4cc(=O)[nH]n4c3C)CC2)nc(N)n1. The van der Waals surface area contributed by atoms with Crippen molar-refractivity contribution in [2.45, 2.75) is 13.8 Å². The van der Waals surface area contributed by atoms with E-state index in [2.05, 4.69) is 25.0 Å². The molecule has 0 bridgehead atoms. The predicted octanol–water partition coefficient (Wildman–Crippen LogP) is -0.0260. The zero-order valence-electron chi connectivity index (χ0n) is 15.1. The summed E-state index contributed by atoms with van der Waals surface area (Å²) in [5.74, 6) is 0.921. The van der Waals surface area contributed by atoms with Gasteiger partial charge in [0.15, 0.2) is 5.65 Å². The Bertz CT molecular complexity index is 1060. The Hall–Kier alpha value is -3.43. The van der Waals surface area contributed by atoms with Crippen molar-refractivity contribution in [1.29, 1.82) is 0 Å². The maximum absolute atomic E-state index is 12.9. The largest absolute Gasteiger partial charge is 0.368 e. The summed E-state index contributed by atoms with van der Waals surface area (Å²) in [6.07, 6.45) is 1.53. The molecule has 1 aliphatic heterocycles. The Kier molecular flexibility index (Phi) is 4.02. The molecule has 27 heavy (non-hydrogen) atoms. The Morgan fingerprint density at radius 2 is 1.89 bits per heavy atom. The molecule has 1 aliphatic rings. The molecule has 1 saturated heterocycles. The van der Waals surface area contributed by atoms with Crippen LogP contribution in [0.5, 0.6) is 0 Å². The van der Waals surface area contributed by atoms with Crippen LogP contribution < -0.4 is 16.2 Å². The fourth-order valence-electron chi connectivity index (χ4n) is 3.33. The lowest BCUT2D eigenvalue weighted by molar-refractivity contribution is 0.0744. The summed E-state index contributed by atoms with van der Waals surface area (Å²) in [6.45, 7) is 6.08. The van der Waals surface area contributed by atoms with Gasteiger partial charge in [0.05, 0.1) is 11.3 Å². The van der Waals surface area contributed by atoms with Crippen molar-refractivity contribution in [3.8, 4) is 0 Å². The molecule has 140 valence electrons. The average molecular weight is 368 g/mol. The first-order valence-electron chi connectivity index (χ1n) is 8.65. The maximum Gasteiger partial charge on any atom is 0.266 e. The average Bonchev–Trinajstić information content (AvgIpc) is 3.02. The molecule has 1 fully saturated rings. The summed E-state index contributed by atoms with van der Waals surface area (Å²) in [7, 11) is 0. The molecule has 0 radical (unpaired) electrons. The van der Waals surface area contributed by atoms with Gasteiger partial charge in [0.25, 0.3) is 11.5 Å². The van der Waals surface area contributed by atoms with Gasteiger partial charge in [0.2, 0.25) is 5.95 Å². The number of amides is 1. The first kappa shape index (κ1) is 17.0. The van der Waals surface area contributed by atoms with Gasteiger partial charge in [-0.3, -0.25) is 14.7 Å². The molecule has 4 rings (SSSR count). The first-order chi connectivity index (χ1) is 12.9.